The molecule has 1 fully saturated rings. The fourth-order valence-electron chi connectivity index (χ4n) is 5.12. The largest absolute Gasteiger partial charge is 0.416 e. The number of aromatic amines is 1. The molecule has 13 heteroatoms. The van der Waals surface area contributed by atoms with Gasteiger partial charge in [0.1, 0.15) is 0 Å². The lowest BCUT2D eigenvalue weighted by atomic mass is 10.0. The summed E-state index contributed by atoms with van der Waals surface area (Å²) >= 11 is 1.42. The van der Waals surface area contributed by atoms with Gasteiger partial charge in [-0.05, 0) is 80.9 Å². The summed E-state index contributed by atoms with van der Waals surface area (Å²) in [5.41, 5.74) is 5.48. The minimum atomic E-state index is -4.39. The molecule has 0 radical (unpaired) electrons. The first-order chi connectivity index (χ1) is 20.9. The molecule has 0 spiro atoms. The number of aryl methyl sites for hydroxylation is 2. The van der Waals surface area contributed by atoms with Crippen LogP contribution in [0.2, 0.25) is 0 Å². The van der Waals surface area contributed by atoms with Gasteiger partial charge >= 0.3 is 6.18 Å². The number of rotatable bonds is 5. The number of H-pyrrole nitrogens is 1. The van der Waals surface area contributed by atoms with Gasteiger partial charge in [0.05, 0.1) is 23.9 Å². The zero-order chi connectivity index (χ0) is 32.8. The Kier molecular flexibility index (Phi) is 11.7. The van der Waals surface area contributed by atoms with Crippen LogP contribution in [0.5, 0.6) is 0 Å². The quantitative estimate of drug-likeness (QED) is 0.172. The summed E-state index contributed by atoms with van der Waals surface area (Å²) < 4.78 is 65.1. The molecule has 2 aliphatic heterocycles. The van der Waals surface area contributed by atoms with Crippen molar-refractivity contribution in [3.05, 3.63) is 81.2 Å². The minimum Gasteiger partial charge on any atom is -0.358 e. The minimum absolute atomic E-state index is 0.0103. The number of halogens is 6. The monoisotopic (exact) mass is 640 g/mol. The molecule has 44 heavy (non-hydrogen) atoms. The fourth-order valence-corrected chi connectivity index (χ4v) is 6.11. The number of aromatic nitrogens is 1. The van der Waals surface area contributed by atoms with Gasteiger partial charge in [-0.1, -0.05) is 6.07 Å². The van der Waals surface area contributed by atoms with E-state index in [1.54, 1.807) is 13.0 Å². The van der Waals surface area contributed by atoms with E-state index in [1.165, 1.54) is 23.9 Å². The highest BCUT2D eigenvalue weighted by molar-refractivity contribution is 7.98. The molecule has 0 aliphatic carbocycles. The number of carbonyl (C=O) groups excluding carboxylic acids is 2. The van der Waals surface area contributed by atoms with E-state index in [4.69, 9.17) is 9.15 Å². The topological polar surface area (TPSA) is 68.4 Å². The first-order valence-corrected chi connectivity index (χ1v) is 14.6. The second-order valence-corrected chi connectivity index (χ2v) is 11.5. The van der Waals surface area contributed by atoms with Gasteiger partial charge in [-0.2, -0.15) is 13.2 Å². The SMILES string of the molecule is CF.Cc1ccc(C(F)(F)F)cc1CSc1ccc2c(c1)/C(=C/c1[nH]c(C)c(C(=O)N3CCN(C)CC3)c1C)C(=O)N2.FF. The Labute approximate surface area is 256 Å². The van der Waals surface area contributed by atoms with Gasteiger partial charge in [0.2, 0.25) is 0 Å². The van der Waals surface area contributed by atoms with Crippen LogP contribution >= 0.6 is 11.8 Å². The van der Waals surface area contributed by atoms with Gasteiger partial charge in [0.25, 0.3) is 11.8 Å². The van der Waals surface area contributed by atoms with E-state index in [2.05, 4.69) is 15.2 Å². The molecule has 2 aromatic carbocycles. The molecule has 0 unspecified atom stereocenters. The fraction of sp³-hybridized carbons (Fsp3) is 0.355. The van der Waals surface area contributed by atoms with Crippen LogP contribution in [0, 0.1) is 20.8 Å². The number of carbonyl (C=O) groups is 2. The molecule has 2 aliphatic rings. The van der Waals surface area contributed by atoms with E-state index >= 15 is 0 Å². The van der Waals surface area contributed by atoms with E-state index in [9.17, 15) is 27.2 Å². The van der Waals surface area contributed by atoms with E-state index < -0.39 is 11.7 Å². The lowest BCUT2D eigenvalue weighted by Gasteiger charge is -2.32. The van der Waals surface area contributed by atoms with Crippen LogP contribution < -0.4 is 5.32 Å². The van der Waals surface area contributed by atoms with Crippen molar-refractivity contribution in [1.29, 1.82) is 0 Å². The molecule has 0 bridgehead atoms. The lowest BCUT2D eigenvalue weighted by Crippen LogP contribution is -2.47. The summed E-state index contributed by atoms with van der Waals surface area (Å²) in [5.74, 6) is 0.107. The molecule has 0 atom stereocenters. The number of nitrogens with zero attached hydrogens (tertiary/aromatic N) is 2. The molecule has 3 aromatic rings. The van der Waals surface area contributed by atoms with Crippen molar-refractivity contribution in [2.24, 2.45) is 0 Å². The van der Waals surface area contributed by atoms with Crippen LogP contribution in [0.3, 0.4) is 0 Å². The second kappa shape index (κ2) is 14.8. The molecule has 2 amide bonds. The number of hydrogen-bond acceptors (Lipinski definition) is 4. The predicted molar refractivity (Wildman–Crippen MR) is 162 cm³/mol. The Balaban J connectivity index is 0.00000127. The molecular weight excluding hydrogens is 606 g/mol. The zero-order valence-corrected chi connectivity index (χ0v) is 25.8. The third-order valence-corrected chi connectivity index (χ3v) is 8.66. The number of piperazine rings is 1. The molecule has 1 saturated heterocycles. The zero-order valence-electron chi connectivity index (χ0n) is 25.0. The van der Waals surface area contributed by atoms with Crippen LogP contribution in [0.25, 0.3) is 11.6 Å². The highest BCUT2D eigenvalue weighted by Gasteiger charge is 2.31. The number of anilines is 1. The lowest BCUT2D eigenvalue weighted by molar-refractivity contribution is -0.137. The second-order valence-electron chi connectivity index (χ2n) is 10.4. The van der Waals surface area contributed by atoms with Gasteiger partial charge in [-0.25, -0.2) is 0 Å². The first kappa shape index (κ1) is 34.8. The van der Waals surface area contributed by atoms with Crippen LogP contribution in [-0.2, 0) is 16.7 Å². The third-order valence-electron chi connectivity index (χ3n) is 7.61. The summed E-state index contributed by atoms with van der Waals surface area (Å²) in [6.45, 7) is 8.55. The average molecular weight is 641 g/mol. The summed E-state index contributed by atoms with van der Waals surface area (Å²) in [6.07, 6.45) is -2.62. The Bertz CT molecular complexity index is 1530. The van der Waals surface area contributed by atoms with Crippen molar-refractivity contribution >= 4 is 40.9 Å². The van der Waals surface area contributed by atoms with E-state index in [-0.39, 0.29) is 11.8 Å². The molecule has 6 nitrogen and oxygen atoms in total. The van der Waals surface area contributed by atoms with Crippen molar-refractivity contribution < 1.29 is 36.3 Å². The molecule has 5 rings (SSSR count). The number of fused-ring (bicyclic) bond motifs is 1. The van der Waals surface area contributed by atoms with Crippen molar-refractivity contribution in [2.75, 3.05) is 45.7 Å². The van der Waals surface area contributed by atoms with Crippen LogP contribution in [0.4, 0.5) is 32.4 Å². The Hall–Kier alpha value is -3.71. The molecule has 1 aromatic heterocycles. The van der Waals surface area contributed by atoms with E-state index in [0.29, 0.717) is 54.1 Å². The third kappa shape index (κ3) is 7.68. The summed E-state index contributed by atoms with van der Waals surface area (Å²) in [5, 5.41) is 2.89. The van der Waals surface area contributed by atoms with Gasteiger partial charge in [-0.15, -0.1) is 11.8 Å². The number of alkyl halides is 4. The Morgan fingerprint density at radius 2 is 1.66 bits per heavy atom. The molecule has 2 N–H and O–H groups in total. The van der Waals surface area contributed by atoms with Crippen molar-refractivity contribution in [3.8, 4) is 0 Å². The number of nitrogens with one attached hydrogen (secondary N) is 2. The van der Waals surface area contributed by atoms with E-state index in [0.717, 1.165) is 46.4 Å². The Morgan fingerprint density at radius 1 is 1.00 bits per heavy atom. The number of thioether (sulfide) groups is 1. The smallest absolute Gasteiger partial charge is 0.358 e. The van der Waals surface area contributed by atoms with Crippen molar-refractivity contribution in [2.45, 2.75) is 37.6 Å². The standard InChI is InChI=1S/C30H31F3N4O2S.CH3F.F2/c1-17-5-6-21(30(31,32)33)13-20(17)16-40-22-7-8-25-23(14-22)24(28(38)35-25)15-26-18(2)27(19(3)34-26)29(39)37-11-9-36(4)10-12-37;2*1-2/h5-8,13-15,34H,9-12,16H2,1-4H3,(H,35,38);1H3;/b24-15-;;. The number of benzene rings is 2. The van der Waals surface area contributed by atoms with Crippen LogP contribution in [-0.4, -0.2) is 67.0 Å². The maximum atomic E-state index is 13.3. The van der Waals surface area contributed by atoms with Gasteiger partial charge < -0.3 is 20.1 Å². The summed E-state index contributed by atoms with van der Waals surface area (Å²) in [4.78, 5) is 34.4. The van der Waals surface area contributed by atoms with E-state index in [1.807, 2.05) is 44.0 Å². The number of likely N-dealkylation sites (N-methyl/N-ethyl adjacent to an activating group) is 1. The highest BCUT2D eigenvalue weighted by atomic mass is 32.2. The first-order valence-electron chi connectivity index (χ1n) is 13.6. The van der Waals surface area contributed by atoms with Crippen LogP contribution in [0.15, 0.2) is 41.3 Å². The van der Waals surface area contributed by atoms with Crippen molar-refractivity contribution in [3.63, 3.8) is 0 Å². The molecule has 0 saturated carbocycles. The number of amides is 2. The van der Waals surface area contributed by atoms with Crippen LogP contribution in [0.1, 0.15) is 49.6 Å². The predicted octanol–water partition coefficient (Wildman–Crippen LogP) is 7.56. The normalized spacial score (nSPS) is 15.7. The van der Waals surface area contributed by atoms with Gasteiger partial charge in [0, 0.05) is 68.6 Å². The van der Waals surface area contributed by atoms with Gasteiger partial charge in [0.15, 0.2) is 0 Å². The Morgan fingerprint density at radius 3 is 2.30 bits per heavy atom. The molecular formula is C31H34F6N4O2S. The average Bonchev–Trinajstić information content (AvgIpc) is 3.47. The van der Waals surface area contributed by atoms with Gasteiger partial charge in [-0.3, -0.25) is 14.0 Å². The maximum Gasteiger partial charge on any atom is 0.416 e. The summed E-state index contributed by atoms with van der Waals surface area (Å²) in [7, 11) is 2.54. The molecule has 3 heterocycles. The number of hydrogen-bond donors (Lipinski definition) is 2. The highest BCUT2D eigenvalue weighted by Crippen LogP contribution is 2.38. The summed E-state index contributed by atoms with van der Waals surface area (Å²) in [6, 6.07) is 9.34. The molecule has 238 valence electrons. The van der Waals surface area contributed by atoms with Crippen molar-refractivity contribution in [1.82, 2.24) is 14.8 Å². The maximum absolute atomic E-state index is 13.3.